The van der Waals surface area contributed by atoms with Gasteiger partial charge in [-0.1, -0.05) is 35.9 Å². The molecule has 8 heteroatoms. The second-order valence-corrected chi connectivity index (χ2v) is 7.59. The van der Waals surface area contributed by atoms with Gasteiger partial charge in [0.05, 0.1) is 30.2 Å². The lowest BCUT2D eigenvalue weighted by atomic mass is 10.1. The molecule has 0 aliphatic heterocycles. The van der Waals surface area contributed by atoms with E-state index >= 15 is 0 Å². The Labute approximate surface area is 184 Å². The van der Waals surface area contributed by atoms with E-state index in [0.717, 1.165) is 11.1 Å². The molecule has 0 aliphatic carbocycles. The minimum atomic E-state index is -0.338. The highest BCUT2D eigenvalue weighted by Crippen LogP contribution is 2.34. The van der Waals surface area contributed by atoms with Gasteiger partial charge in [0.2, 0.25) is 0 Å². The Morgan fingerprint density at radius 3 is 2.58 bits per heavy atom. The zero-order valence-electron chi connectivity index (χ0n) is 17.2. The Kier molecular flexibility index (Phi) is 6.18. The first-order valence-electron chi connectivity index (χ1n) is 9.77. The van der Waals surface area contributed by atoms with E-state index in [-0.39, 0.29) is 19.0 Å². The number of rotatable bonds is 7. The first-order valence-corrected chi connectivity index (χ1v) is 10.1. The standard InChI is InChI=1S/C23H22ClFN4O2/c1-28(10-11-30)21-13-20(16-4-3-5-18(25)12-16)29-23(26-21)22(19(27-29)14-31-2)15-6-8-17(24)9-7-15/h3-9,12-13,30H,10-11,14H2,1-2H3. The van der Waals surface area contributed by atoms with E-state index in [1.54, 1.807) is 17.7 Å². The van der Waals surface area contributed by atoms with Crippen LogP contribution in [0, 0.1) is 5.82 Å². The number of nitrogens with zero attached hydrogens (tertiary/aromatic N) is 4. The van der Waals surface area contributed by atoms with Crippen LogP contribution in [0.1, 0.15) is 5.69 Å². The number of methoxy groups -OCH3 is 1. The number of aromatic nitrogens is 3. The third-order valence-corrected chi connectivity index (χ3v) is 5.26. The summed E-state index contributed by atoms with van der Waals surface area (Å²) in [6, 6.07) is 15.6. The number of aliphatic hydroxyl groups excluding tert-OH is 1. The Balaban J connectivity index is 2.04. The summed E-state index contributed by atoms with van der Waals surface area (Å²) in [5.74, 6) is 0.301. The number of hydrogen-bond donors (Lipinski definition) is 1. The van der Waals surface area contributed by atoms with Crippen LogP contribution in [0.3, 0.4) is 0 Å². The summed E-state index contributed by atoms with van der Waals surface area (Å²) >= 11 is 6.09. The van der Waals surface area contributed by atoms with Crippen molar-refractivity contribution in [3.8, 4) is 22.4 Å². The average molecular weight is 441 g/mol. The fourth-order valence-corrected chi connectivity index (χ4v) is 3.64. The van der Waals surface area contributed by atoms with Gasteiger partial charge in [-0.3, -0.25) is 0 Å². The van der Waals surface area contributed by atoms with Crippen LogP contribution < -0.4 is 4.90 Å². The van der Waals surface area contributed by atoms with E-state index in [9.17, 15) is 9.50 Å². The van der Waals surface area contributed by atoms with Crippen LogP contribution in [0.5, 0.6) is 0 Å². The average Bonchev–Trinajstić information content (AvgIpc) is 3.12. The minimum Gasteiger partial charge on any atom is -0.395 e. The van der Waals surface area contributed by atoms with Crippen molar-refractivity contribution >= 4 is 23.1 Å². The third-order valence-electron chi connectivity index (χ3n) is 5.01. The molecular formula is C23H22ClFN4O2. The molecule has 4 rings (SSSR count). The number of fused-ring (bicyclic) bond motifs is 1. The van der Waals surface area contributed by atoms with Gasteiger partial charge in [0.15, 0.2) is 5.65 Å². The smallest absolute Gasteiger partial charge is 0.166 e. The lowest BCUT2D eigenvalue weighted by Gasteiger charge is -2.18. The van der Waals surface area contributed by atoms with Crippen molar-refractivity contribution < 1.29 is 14.2 Å². The molecule has 0 bridgehead atoms. The van der Waals surface area contributed by atoms with Crippen molar-refractivity contribution in [1.29, 1.82) is 0 Å². The third kappa shape index (κ3) is 4.25. The van der Waals surface area contributed by atoms with Gasteiger partial charge < -0.3 is 14.7 Å². The first kappa shape index (κ1) is 21.2. The van der Waals surface area contributed by atoms with Crippen LogP contribution in [0.2, 0.25) is 5.02 Å². The highest BCUT2D eigenvalue weighted by atomic mass is 35.5. The maximum atomic E-state index is 14.0. The zero-order valence-corrected chi connectivity index (χ0v) is 18.0. The van der Waals surface area contributed by atoms with E-state index in [0.29, 0.717) is 40.0 Å². The number of aliphatic hydroxyl groups is 1. The van der Waals surface area contributed by atoms with Crippen LogP contribution in [0.25, 0.3) is 28.0 Å². The molecule has 4 aromatic rings. The molecule has 0 atom stereocenters. The van der Waals surface area contributed by atoms with Crippen molar-refractivity contribution in [1.82, 2.24) is 14.6 Å². The van der Waals surface area contributed by atoms with Gasteiger partial charge in [-0.05, 0) is 29.8 Å². The van der Waals surface area contributed by atoms with E-state index in [2.05, 4.69) is 0 Å². The number of benzene rings is 2. The van der Waals surface area contributed by atoms with Gasteiger partial charge in [-0.15, -0.1) is 0 Å². The van der Waals surface area contributed by atoms with Gasteiger partial charge >= 0.3 is 0 Å². The summed E-state index contributed by atoms with van der Waals surface area (Å²) in [4.78, 5) is 6.68. The van der Waals surface area contributed by atoms with E-state index in [1.165, 1.54) is 12.1 Å². The Morgan fingerprint density at radius 2 is 1.90 bits per heavy atom. The predicted molar refractivity (Wildman–Crippen MR) is 120 cm³/mol. The van der Waals surface area contributed by atoms with E-state index in [4.69, 9.17) is 26.4 Å². The Bertz CT molecular complexity index is 1210. The summed E-state index contributed by atoms with van der Waals surface area (Å²) in [5.41, 5.74) is 4.37. The van der Waals surface area contributed by atoms with E-state index in [1.807, 2.05) is 48.3 Å². The van der Waals surface area contributed by atoms with Gasteiger partial charge in [0, 0.05) is 37.4 Å². The Morgan fingerprint density at radius 1 is 1.13 bits per heavy atom. The first-order chi connectivity index (χ1) is 15.0. The molecule has 2 aromatic heterocycles. The van der Waals surface area contributed by atoms with Crippen LogP contribution in [0.4, 0.5) is 10.2 Å². The molecule has 0 saturated carbocycles. The molecule has 0 saturated heterocycles. The van der Waals surface area contributed by atoms with Crippen LogP contribution in [0.15, 0.2) is 54.6 Å². The molecule has 0 fully saturated rings. The number of likely N-dealkylation sites (N-methyl/N-ethyl adjacent to an activating group) is 1. The van der Waals surface area contributed by atoms with Gasteiger partial charge in [-0.25, -0.2) is 13.9 Å². The number of anilines is 1. The summed E-state index contributed by atoms with van der Waals surface area (Å²) in [6.45, 7) is 0.670. The van der Waals surface area contributed by atoms with Gasteiger partial charge in [-0.2, -0.15) is 5.10 Å². The summed E-state index contributed by atoms with van der Waals surface area (Å²) in [7, 11) is 3.45. The molecule has 160 valence electrons. The van der Waals surface area contributed by atoms with Crippen LogP contribution in [-0.2, 0) is 11.3 Å². The van der Waals surface area contributed by atoms with Gasteiger partial charge in [0.25, 0.3) is 0 Å². The topological polar surface area (TPSA) is 62.9 Å². The number of halogens is 2. The monoisotopic (exact) mass is 440 g/mol. The molecule has 2 heterocycles. The maximum Gasteiger partial charge on any atom is 0.166 e. The van der Waals surface area contributed by atoms with Crippen molar-refractivity contribution in [3.63, 3.8) is 0 Å². The largest absolute Gasteiger partial charge is 0.395 e. The summed E-state index contributed by atoms with van der Waals surface area (Å²) in [6.07, 6.45) is 0. The minimum absolute atomic E-state index is 0.0170. The number of ether oxygens (including phenoxy) is 1. The zero-order chi connectivity index (χ0) is 22.0. The van der Waals surface area contributed by atoms with Crippen molar-refractivity contribution in [2.75, 3.05) is 32.2 Å². The highest BCUT2D eigenvalue weighted by molar-refractivity contribution is 6.30. The Hall–Kier alpha value is -3.00. The molecule has 2 aromatic carbocycles. The van der Waals surface area contributed by atoms with Crippen LogP contribution in [-0.4, -0.2) is 47.0 Å². The lowest BCUT2D eigenvalue weighted by molar-refractivity contribution is 0.181. The molecule has 6 nitrogen and oxygen atoms in total. The lowest BCUT2D eigenvalue weighted by Crippen LogP contribution is -2.22. The normalized spacial score (nSPS) is 11.3. The fourth-order valence-electron chi connectivity index (χ4n) is 3.51. The summed E-state index contributed by atoms with van der Waals surface area (Å²) < 4.78 is 21.1. The molecule has 0 spiro atoms. The molecule has 0 unspecified atom stereocenters. The van der Waals surface area contributed by atoms with Crippen molar-refractivity contribution in [3.05, 3.63) is 71.1 Å². The second-order valence-electron chi connectivity index (χ2n) is 7.15. The molecule has 0 amide bonds. The second kappa shape index (κ2) is 9.01. The molecular weight excluding hydrogens is 419 g/mol. The molecule has 0 aliphatic rings. The SMILES string of the molecule is COCc1nn2c(-c3cccc(F)c3)cc(N(C)CCO)nc2c1-c1ccc(Cl)cc1. The number of hydrogen-bond acceptors (Lipinski definition) is 5. The van der Waals surface area contributed by atoms with Crippen LogP contribution >= 0.6 is 11.6 Å². The van der Waals surface area contributed by atoms with Crippen molar-refractivity contribution in [2.24, 2.45) is 0 Å². The van der Waals surface area contributed by atoms with Gasteiger partial charge in [0.1, 0.15) is 11.6 Å². The fraction of sp³-hybridized carbons (Fsp3) is 0.217. The molecule has 31 heavy (non-hydrogen) atoms. The predicted octanol–water partition coefficient (Wildman–Crippen LogP) is 4.43. The van der Waals surface area contributed by atoms with E-state index < -0.39 is 0 Å². The molecule has 0 radical (unpaired) electrons. The quantitative estimate of drug-likeness (QED) is 0.460. The highest BCUT2D eigenvalue weighted by Gasteiger charge is 2.21. The maximum absolute atomic E-state index is 14.0. The molecule has 1 N–H and O–H groups in total. The van der Waals surface area contributed by atoms with Crippen molar-refractivity contribution in [2.45, 2.75) is 6.61 Å². The summed E-state index contributed by atoms with van der Waals surface area (Å²) in [5, 5.41) is 14.8.